The normalized spacial score (nSPS) is 9.89. The summed E-state index contributed by atoms with van der Waals surface area (Å²) in [5, 5.41) is 8.98. The number of rotatable bonds is 6. The number of hydrogen-bond acceptors (Lipinski definition) is 4. The first-order valence-electron chi connectivity index (χ1n) is 5.73. The highest BCUT2D eigenvalue weighted by Crippen LogP contribution is 2.21. The zero-order valence-corrected chi connectivity index (χ0v) is 10.4. The summed E-state index contributed by atoms with van der Waals surface area (Å²) in [6.07, 6.45) is 0.105. The highest BCUT2D eigenvalue weighted by Gasteiger charge is 2.13. The van der Waals surface area contributed by atoms with Gasteiger partial charge in [0.15, 0.2) is 0 Å². The van der Waals surface area contributed by atoms with E-state index in [1.165, 1.54) is 6.07 Å². The molecule has 0 aliphatic heterocycles. The standard InChI is InChI=1S/C13H16O5/c1-3-17-11-7-9(8-12(14)18-4-2)5-6-10(11)13(15)16/h5-7H,3-4,8H2,1-2H3,(H,15,16). The van der Waals surface area contributed by atoms with Crippen molar-refractivity contribution in [2.45, 2.75) is 20.3 Å². The molecule has 1 aromatic carbocycles. The summed E-state index contributed by atoms with van der Waals surface area (Å²) in [5.74, 6) is -1.13. The van der Waals surface area contributed by atoms with Gasteiger partial charge in [0.1, 0.15) is 11.3 Å². The number of ether oxygens (including phenoxy) is 2. The van der Waals surface area contributed by atoms with Crippen molar-refractivity contribution in [1.29, 1.82) is 0 Å². The molecule has 0 aliphatic rings. The first-order chi connectivity index (χ1) is 8.58. The Kier molecular flexibility index (Phi) is 5.17. The van der Waals surface area contributed by atoms with Crippen LogP contribution in [-0.2, 0) is 16.0 Å². The predicted octanol–water partition coefficient (Wildman–Crippen LogP) is 1.89. The van der Waals surface area contributed by atoms with Gasteiger partial charge in [-0.1, -0.05) is 6.07 Å². The van der Waals surface area contributed by atoms with Gasteiger partial charge in [-0.3, -0.25) is 4.79 Å². The van der Waals surface area contributed by atoms with E-state index < -0.39 is 5.97 Å². The molecule has 0 aromatic heterocycles. The molecule has 0 heterocycles. The Labute approximate surface area is 105 Å². The second kappa shape index (κ2) is 6.64. The molecule has 0 atom stereocenters. The molecular formula is C13H16O5. The second-order valence-electron chi connectivity index (χ2n) is 3.55. The Hall–Kier alpha value is -2.04. The van der Waals surface area contributed by atoms with Crippen LogP contribution in [0, 0.1) is 0 Å². The van der Waals surface area contributed by atoms with Gasteiger partial charge in [0.05, 0.1) is 19.6 Å². The van der Waals surface area contributed by atoms with E-state index in [0.29, 0.717) is 18.8 Å². The van der Waals surface area contributed by atoms with E-state index in [1.54, 1.807) is 26.0 Å². The Morgan fingerprint density at radius 3 is 2.50 bits per heavy atom. The minimum atomic E-state index is -1.05. The summed E-state index contributed by atoms with van der Waals surface area (Å²) in [6.45, 7) is 4.19. The Bertz CT molecular complexity index is 439. The summed E-state index contributed by atoms with van der Waals surface area (Å²) in [7, 11) is 0. The van der Waals surface area contributed by atoms with Crippen LogP contribution in [0.15, 0.2) is 18.2 Å². The minimum absolute atomic E-state index is 0.0875. The lowest BCUT2D eigenvalue weighted by atomic mass is 10.1. The fourth-order valence-corrected chi connectivity index (χ4v) is 1.51. The molecule has 18 heavy (non-hydrogen) atoms. The van der Waals surface area contributed by atoms with Crippen molar-refractivity contribution < 1.29 is 24.2 Å². The Balaban J connectivity index is 2.92. The molecule has 0 radical (unpaired) electrons. The van der Waals surface area contributed by atoms with Gasteiger partial charge in [-0.15, -0.1) is 0 Å². The minimum Gasteiger partial charge on any atom is -0.493 e. The van der Waals surface area contributed by atoms with Crippen molar-refractivity contribution in [1.82, 2.24) is 0 Å². The molecule has 0 spiro atoms. The third-order valence-electron chi connectivity index (χ3n) is 2.23. The van der Waals surface area contributed by atoms with Gasteiger partial charge in [0.2, 0.25) is 0 Å². The molecule has 0 aliphatic carbocycles. The van der Waals surface area contributed by atoms with Crippen LogP contribution in [0.5, 0.6) is 5.75 Å². The van der Waals surface area contributed by atoms with Gasteiger partial charge < -0.3 is 14.6 Å². The van der Waals surface area contributed by atoms with E-state index in [2.05, 4.69) is 0 Å². The van der Waals surface area contributed by atoms with Crippen molar-refractivity contribution in [2.24, 2.45) is 0 Å². The second-order valence-corrected chi connectivity index (χ2v) is 3.55. The lowest BCUT2D eigenvalue weighted by Crippen LogP contribution is -2.09. The van der Waals surface area contributed by atoms with Crippen LogP contribution in [0.3, 0.4) is 0 Å². The number of carbonyl (C=O) groups excluding carboxylic acids is 1. The zero-order chi connectivity index (χ0) is 13.5. The number of aromatic carboxylic acids is 1. The Morgan fingerprint density at radius 2 is 1.94 bits per heavy atom. The molecule has 0 fully saturated rings. The lowest BCUT2D eigenvalue weighted by molar-refractivity contribution is -0.142. The number of carboxylic acid groups (broad SMARTS) is 1. The fraction of sp³-hybridized carbons (Fsp3) is 0.385. The molecule has 1 N–H and O–H groups in total. The van der Waals surface area contributed by atoms with E-state index in [1.807, 2.05) is 0 Å². The third-order valence-corrected chi connectivity index (χ3v) is 2.23. The van der Waals surface area contributed by atoms with Gasteiger partial charge in [-0.05, 0) is 31.5 Å². The van der Waals surface area contributed by atoms with Gasteiger partial charge in [-0.25, -0.2) is 4.79 Å². The van der Waals surface area contributed by atoms with Crippen LogP contribution < -0.4 is 4.74 Å². The summed E-state index contributed by atoms with van der Waals surface area (Å²) in [5.41, 5.74) is 0.756. The summed E-state index contributed by atoms with van der Waals surface area (Å²) < 4.78 is 10.1. The van der Waals surface area contributed by atoms with Crippen molar-refractivity contribution in [3.05, 3.63) is 29.3 Å². The van der Waals surface area contributed by atoms with Gasteiger partial charge >= 0.3 is 11.9 Å². The SMILES string of the molecule is CCOC(=O)Cc1ccc(C(=O)O)c(OCC)c1. The summed E-state index contributed by atoms with van der Waals surface area (Å²) in [6, 6.07) is 4.58. The highest BCUT2D eigenvalue weighted by atomic mass is 16.5. The molecule has 5 heteroatoms. The van der Waals surface area contributed by atoms with E-state index in [0.717, 1.165) is 0 Å². The van der Waals surface area contributed by atoms with Crippen molar-refractivity contribution in [2.75, 3.05) is 13.2 Å². The molecule has 98 valence electrons. The quantitative estimate of drug-likeness (QED) is 0.783. The monoisotopic (exact) mass is 252 g/mol. The van der Waals surface area contributed by atoms with Crippen LogP contribution in [0.25, 0.3) is 0 Å². The molecule has 0 bridgehead atoms. The number of benzene rings is 1. The van der Waals surface area contributed by atoms with Crippen LogP contribution in [-0.4, -0.2) is 30.3 Å². The van der Waals surface area contributed by atoms with Crippen molar-refractivity contribution in [3.63, 3.8) is 0 Å². The van der Waals surface area contributed by atoms with Gasteiger partial charge in [0.25, 0.3) is 0 Å². The molecule has 0 unspecified atom stereocenters. The smallest absolute Gasteiger partial charge is 0.339 e. The molecule has 1 aromatic rings. The summed E-state index contributed by atoms with van der Waals surface area (Å²) in [4.78, 5) is 22.3. The maximum atomic E-state index is 11.3. The maximum absolute atomic E-state index is 11.3. The van der Waals surface area contributed by atoms with Crippen LogP contribution in [0.1, 0.15) is 29.8 Å². The van der Waals surface area contributed by atoms with E-state index in [-0.39, 0.29) is 23.7 Å². The average molecular weight is 252 g/mol. The third kappa shape index (κ3) is 3.76. The molecule has 0 amide bonds. The largest absolute Gasteiger partial charge is 0.493 e. The van der Waals surface area contributed by atoms with E-state index >= 15 is 0 Å². The fourth-order valence-electron chi connectivity index (χ4n) is 1.51. The van der Waals surface area contributed by atoms with Crippen LogP contribution in [0.4, 0.5) is 0 Å². The molecular weight excluding hydrogens is 236 g/mol. The van der Waals surface area contributed by atoms with Crippen molar-refractivity contribution in [3.8, 4) is 5.75 Å². The molecule has 0 saturated carbocycles. The molecule has 1 rings (SSSR count). The van der Waals surface area contributed by atoms with Crippen LogP contribution >= 0.6 is 0 Å². The predicted molar refractivity (Wildman–Crippen MR) is 64.9 cm³/mol. The average Bonchev–Trinajstić information content (AvgIpc) is 2.29. The maximum Gasteiger partial charge on any atom is 0.339 e. The summed E-state index contributed by atoms with van der Waals surface area (Å²) >= 11 is 0. The molecule has 5 nitrogen and oxygen atoms in total. The van der Waals surface area contributed by atoms with E-state index in [9.17, 15) is 9.59 Å². The van der Waals surface area contributed by atoms with Gasteiger partial charge in [0, 0.05) is 0 Å². The van der Waals surface area contributed by atoms with E-state index in [4.69, 9.17) is 14.6 Å². The number of carbonyl (C=O) groups is 2. The van der Waals surface area contributed by atoms with Crippen LogP contribution in [0.2, 0.25) is 0 Å². The highest BCUT2D eigenvalue weighted by molar-refractivity contribution is 5.91. The first kappa shape index (κ1) is 14.0. The Morgan fingerprint density at radius 1 is 1.22 bits per heavy atom. The zero-order valence-electron chi connectivity index (χ0n) is 10.4. The number of carboxylic acids is 1. The first-order valence-corrected chi connectivity index (χ1v) is 5.73. The lowest BCUT2D eigenvalue weighted by Gasteiger charge is -2.09. The number of hydrogen-bond donors (Lipinski definition) is 1. The number of esters is 1. The molecule has 0 saturated heterocycles. The van der Waals surface area contributed by atoms with Crippen molar-refractivity contribution >= 4 is 11.9 Å². The topological polar surface area (TPSA) is 72.8 Å². The van der Waals surface area contributed by atoms with Gasteiger partial charge in [-0.2, -0.15) is 0 Å².